The van der Waals surface area contributed by atoms with E-state index < -0.39 is 17.9 Å². The first-order valence-electron chi connectivity index (χ1n) is 3.25. The minimum absolute atomic E-state index is 0.111. The van der Waals surface area contributed by atoms with Gasteiger partial charge in [-0.15, -0.1) is 0 Å². The van der Waals surface area contributed by atoms with Crippen molar-refractivity contribution in [2.24, 2.45) is 0 Å². The highest BCUT2D eigenvalue weighted by Crippen LogP contribution is 2.45. The number of alkyl halides is 6. The summed E-state index contributed by atoms with van der Waals surface area (Å²) in [5.74, 6) is 0. The molecule has 0 saturated heterocycles. The summed E-state index contributed by atoms with van der Waals surface area (Å²) < 4.78 is 73.4. The van der Waals surface area contributed by atoms with Gasteiger partial charge in [-0.25, -0.2) is 9.29 Å². The second-order valence-electron chi connectivity index (χ2n) is 2.94. The average Bonchev–Trinajstić information content (AvgIpc) is 1.84. The highest BCUT2D eigenvalue weighted by Gasteiger charge is 2.69. The molecule has 0 rings (SSSR count). The lowest BCUT2D eigenvalue weighted by Gasteiger charge is -2.35. The molecule has 0 spiro atoms. The monoisotopic (exact) mass is 209 g/mol. The SMILES string of the molecule is CN(C)C(F)(F)C(C)(F)C(F)(F)F. The Hall–Kier alpha value is -0.460. The molecule has 0 aliphatic carbocycles. The van der Waals surface area contributed by atoms with Crippen molar-refractivity contribution in [1.82, 2.24) is 4.90 Å². The predicted molar refractivity (Wildman–Crippen MR) is 34.2 cm³/mol. The maximum absolute atomic E-state index is 12.7. The molecule has 13 heavy (non-hydrogen) atoms. The molecule has 0 aromatic heterocycles. The van der Waals surface area contributed by atoms with E-state index in [1.165, 1.54) is 0 Å². The van der Waals surface area contributed by atoms with Gasteiger partial charge in [0, 0.05) is 0 Å². The Bertz CT molecular complexity index is 182. The summed E-state index contributed by atoms with van der Waals surface area (Å²) in [7, 11) is 1.34. The van der Waals surface area contributed by atoms with E-state index in [0.717, 1.165) is 0 Å². The van der Waals surface area contributed by atoms with Crippen molar-refractivity contribution in [3.8, 4) is 0 Å². The molecule has 0 aromatic rings. The first kappa shape index (κ1) is 12.5. The molecule has 80 valence electrons. The van der Waals surface area contributed by atoms with Crippen LogP contribution in [0.1, 0.15) is 6.92 Å². The van der Waals surface area contributed by atoms with Crippen LogP contribution in [-0.2, 0) is 0 Å². The van der Waals surface area contributed by atoms with Gasteiger partial charge in [-0.2, -0.15) is 22.0 Å². The summed E-state index contributed by atoms with van der Waals surface area (Å²) >= 11 is 0. The fourth-order valence-electron chi connectivity index (χ4n) is 0.590. The van der Waals surface area contributed by atoms with Crippen LogP contribution in [0.5, 0.6) is 0 Å². The zero-order chi connectivity index (χ0) is 11.1. The molecule has 1 nitrogen and oxygen atoms in total. The zero-order valence-corrected chi connectivity index (χ0v) is 7.22. The molecule has 1 atom stereocenters. The number of hydrogen-bond donors (Lipinski definition) is 0. The third-order valence-electron chi connectivity index (χ3n) is 1.66. The molecule has 0 aromatic carbocycles. The van der Waals surface area contributed by atoms with E-state index in [-0.39, 0.29) is 11.8 Å². The molecular formula is C6H9F6N. The van der Waals surface area contributed by atoms with Gasteiger partial charge in [-0.3, -0.25) is 0 Å². The van der Waals surface area contributed by atoms with Crippen LogP contribution in [0.15, 0.2) is 0 Å². The molecule has 0 radical (unpaired) electrons. The van der Waals surface area contributed by atoms with Crippen molar-refractivity contribution in [3.05, 3.63) is 0 Å². The summed E-state index contributed by atoms with van der Waals surface area (Å²) in [4.78, 5) is -0.111. The van der Waals surface area contributed by atoms with Gasteiger partial charge in [-0.1, -0.05) is 0 Å². The van der Waals surface area contributed by atoms with Gasteiger partial charge in [0.25, 0.3) is 5.67 Å². The summed E-state index contributed by atoms with van der Waals surface area (Å²) in [6.07, 6.45) is -5.60. The number of halogens is 6. The van der Waals surface area contributed by atoms with E-state index >= 15 is 0 Å². The summed E-state index contributed by atoms with van der Waals surface area (Å²) in [5.41, 5.74) is -4.55. The molecule has 0 fully saturated rings. The summed E-state index contributed by atoms with van der Waals surface area (Å²) in [6.45, 7) is -0.188. The van der Waals surface area contributed by atoms with E-state index in [4.69, 9.17) is 0 Å². The van der Waals surface area contributed by atoms with Gasteiger partial charge in [0.1, 0.15) is 0 Å². The lowest BCUT2D eigenvalue weighted by molar-refractivity contribution is -0.328. The van der Waals surface area contributed by atoms with E-state index in [9.17, 15) is 26.3 Å². The van der Waals surface area contributed by atoms with Crippen LogP contribution in [0.4, 0.5) is 26.3 Å². The second kappa shape index (κ2) is 3.04. The van der Waals surface area contributed by atoms with Gasteiger partial charge in [-0.05, 0) is 21.0 Å². The van der Waals surface area contributed by atoms with Crippen LogP contribution >= 0.6 is 0 Å². The van der Waals surface area contributed by atoms with Gasteiger partial charge >= 0.3 is 12.2 Å². The van der Waals surface area contributed by atoms with E-state index in [2.05, 4.69) is 0 Å². The average molecular weight is 209 g/mol. The molecular weight excluding hydrogens is 200 g/mol. The number of hydrogen-bond acceptors (Lipinski definition) is 1. The molecule has 0 aliphatic rings. The normalized spacial score (nSPS) is 18.9. The molecule has 0 bridgehead atoms. The van der Waals surface area contributed by atoms with Crippen LogP contribution in [0.2, 0.25) is 0 Å². The van der Waals surface area contributed by atoms with Gasteiger partial charge < -0.3 is 0 Å². The van der Waals surface area contributed by atoms with Crippen molar-refractivity contribution in [3.63, 3.8) is 0 Å². The Kier molecular flexibility index (Phi) is 2.93. The van der Waals surface area contributed by atoms with Gasteiger partial charge in [0.15, 0.2) is 0 Å². The Balaban J connectivity index is 5.04. The third kappa shape index (κ3) is 1.90. The van der Waals surface area contributed by atoms with Crippen LogP contribution in [0.3, 0.4) is 0 Å². The van der Waals surface area contributed by atoms with E-state index in [1.807, 2.05) is 0 Å². The van der Waals surface area contributed by atoms with Crippen LogP contribution in [0, 0.1) is 0 Å². The highest BCUT2D eigenvalue weighted by atomic mass is 19.4. The second-order valence-corrected chi connectivity index (χ2v) is 2.94. The van der Waals surface area contributed by atoms with Crippen molar-refractivity contribution in [2.45, 2.75) is 24.8 Å². The maximum Gasteiger partial charge on any atom is 0.429 e. The lowest BCUT2D eigenvalue weighted by atomic mass is 10.1. The Morgan fingerprint density at radius 2 is 1.15 bits per heavy atom. The highest BCUT2D eigenvalue weighted by molar-refractivity contribution is 4.94. The zero-order valence-electron chi connectivity index (χ0n) is 7.22. The van der Waals surface area contributed by atoms with Crippen molar-refractivity contribution >= 4 is 0 Å². The third-order valence-corrected chi connectivity index (χ3v) is 1.66. The lowest BCUT2D eigenvalue weighted by Crippen LogP contribution is -2.59. The molecule has 0 heterocycles. The maximum atomic E-state index is 12.7. The van der Waals surface area contributed by atoms with E-state index in [1.54, 1.807) is 0 Å². The summed E-state index contributed by atoms with van der Waals surface area (Å²) in [6, 6.07) is -4.58. The Labute approximate surface area is 71.3 Å². The number of nitrogens with zero attached hydrogens (tertiary/aromatic N) is 1. The summed E-state index contributed by atoms with van der Waals surface area (Å²) in [5, 5.41) is 0. The minimum atomic E-state index is -5.60. The van der Waals surface area contributed by atoms with Gasteiger partial charge in [0.2, 0.25) is 0 Å². The van der Waals surface area contributed by atoms with Crippen LogP contribution < -0.4 is 0 Å². The first-order chi connectivity index (χ1) is 5.44. The fraction of sp³-hybridized carbons (Fsp3) is 1.00. The smallest absolute Gasteiger partial charge is 0.248 e. The fourth-order valence-corrected chi connectivity index (χ4v) is 0.590. The quantitative estimate of drug-likeness (QED) is 0.498. The van der Waals surface area contributed by atoms with Crippen molar-refractivity contribution < 1.29 is 26.3 Å². The molecule has 0 saturated carbocycles. The van der Waals surface area contributed by atoms with Crippen LogP contribution in [0.25, 0.3) is 0 Å². The topological polar surface area (TPSA) is 3.24 Å². The molecule has 0 aliphatic heterocycles. The predicted octanol–water partition coefficient (Wildman–Crippen LogP) is 2.43. The number of rotatable bonds is 2. The molecule has 1 unspecified atom stereocenters. The molecule has 7 heteroatoms. The largest absolute Gasteiger partial charge is 0.429 e. The van der Waals surface area contributed by atoms with E-state index in [0.29, 0.717) is 14.1 Å². The molecule has 0 N–H and O–H groups in total. The Morgan fingerprint density at radius 1 is 0.846 bits per heavy atom. The molecule has 0 amide bonds. The first-order valence-corrected chi connectivity index (χ1v) is 3.25. The van der Waals surface area contributed by atoms with Crippen LogP contribution in [-0.4, -0.2) is 36.9 Å². The van der Waals surface area contributed by atoms with Crippen molar-refractivity contribution in [1.29, 1.82) is 0 Å². The Morgan fingerprint density at radius 3 is 1.23 bits per heavy atom. The van der Waals surface area contributed by atoms with Crippen molar-refractivity contribution in [2.75, 3.05) is 14.1 Å². The minimum Gasteiger partial charge on any atom is -0.248 e. The standard InChI is InChI=1S/C6H9F6N/c1-4(7,5(8,9)10)6(11,12)13(2)3/h1-3H3. The van der Waals surface area contributed by atoms with Gasteiger partial charge in [0.05, 0.1) is 0 Å².